The van der Waals surface area contributed by atoms with Gasteiger partial charge in [-0.15, -0.1) is 11.3 Å². The molecule has 2 amide bonds. The van der Waals surface area contributed by atoms with E-state index in [0.717, 1.165) is 15.9 Å². The summed E-state index contributed by atoms with van der Waals surface area (Å²) in [6.45, 7) is 0.698. The normalized spacial score (nSPS) is 12.7. The van der Waals surface area contributed by atoms with E-state index in [1.54, 1.807) is 30.3 Å². The standard InChI is InChI=1S/C20H15BrN2O2S/c21-18-10-9-17(26-18)19(24)22-15-7-5-14(6-8-15)20(25)23-12-11-13-3-1-2-4-16(13)23/h1-10H,11-12H2,(H,22,24). The molecule has 1 N–H and O–H groups in total. The van der Waals surface area contributed by atoms with Crippen LogP contribution in [0.2, 0.25) is 0 Å². The van der Waals surface area contributed by atoms with E-state index < -0.39 is 0 Å². The first-order chi connectivity index (χ1) is 12.6. The van der Waals surface area contributed by atoms with Gasteiger partial charge in [0.1, 0.15) is 0 Å². The van der Waals surface area contributed by atoms with Gasteiger partial charge < -0.3 is 10.2 Å². The topological polar surface area (TPSA) is 49.4 Å². The van der Waals surface area contributed by atoms with Gasteiger partial charge in [-0.3, -0.25) is 9.59 Å². The Hall–Kier alpha value is -2.44. The van der Waals surface area contributed by atoms with Crippen LogP contribution in [0.4, 0.5) is 11.4 Å². The van der Waals surface area contributed by atoms with Crippen molar-refractivity contribution in [1.29, 1.82) is 0 Å². The van der Waals surface area contributed by atoms with Gasteiger partial charge in [-0.2, -0.15) is 0 Å². The molecule has 3 aromatic rings. The fraction of sp³-hybridized carbons (Fsp3) is 0.100. The van der Waals surface area contributed by atoms with Crippen molar-refractivity contribution in [3.63, 3.8) is 0 Å². The van der Waals surface area contributed by atoms with E-state index in [1.807, 2.05) is 29.2 Å². The fourth-order valence-electron chi connectivity index (χ4n) is 3.03. The largest absolute Gasteiger partial charge is 0.321 e. The van der Waals surface area contributed by atoms with Crippen LogP contribution in [0.1, 0.15) is 25.6 Å². The summed E-state index contributed by atoms with van der Waals surface area (Å²) in [7, 11) is 0. The minimum atomic E-state index is -0.159. The van der Waals surface area contributed by atoms with Gasteiger partial charge in [-0.05, 0) is 70.4 Å². The number of hydrogen-bond acceptors (Lipinski definition) is 3. The minimum absolute atomic E-state index is 0.0185. The molecule has 2 heterocycles. The molecule has 4 rings (SSSR count). The molecule has 26 heavy (non-hydrogen) atoms. The molecule has 0 unspecified atom stereocenters. The number of benzene rings is 2. The Morgan fingerprint density at radius 2 is 1.77 bits per heavy atom. The fourth-order valence-corrected chi connectivity index (χ4v) is 4.31. The number of carbonyl (C=O) groups is 2. The Bertz CT molecular complexity index is 981. The van der Waals surface area contributed by atoms with Crippen molar-refractivity contribution >= 4 is 50.5 Å². The van der Waals surface area contributed by atoms with E-state index in [0.29, 0.717) is 22.7 Å². The quantitative estimate of drug-likeness (QED) is 0.642. The van der Waals surface area contributed by atoms with Crippen LogP contribution in [0.3, 0.4) is 0 Å². The molecule has 0 aliphatic carbocycles. The van der Waals surface area contributed by atoms with Gasteiger partial charge in [0, 0.05) is 23.5 Å². The number of anilines is 2. The van der Waals surface area contributed by atoms with Gasteiger partial charge in [0.25, 0.3) is 11.8 Å². The zero-order valence-corrected chi connectivity index (χ0v) is 16.1. The van der Waals surface area contributed by atoms with E-state index in [1.165, 1.54) is 16.9 Å². The molecular weight excluding hydrogens is 412 g/mol. The van der Waals surface area contributed by atoms with Crippen LogP contribution in [-0.4, -0.2) is 18.4 Å². The summed E-state index contributed by atoms with van der Waals surface area (Å²) in [4.78, 5) is 27.4. The molecule has 1 aliphatic heterocycles. The van der Waals surface area contributed by atoms with Crippen molar-refractivity contribution in [3.05, 3.63) is 80.5 Å². The van der Waals surface area contributed by atoms with E-state index in [2.05, 4.69) is 27.3 Å². The highest BCUT2D eigenvalue weighted by atomic mass is 79.9. The van der Waals surface area contributed by atoms with Gasteiger partial charge in [0.2, 0.25) is 0 Å². The lowest BCUT2D eigenvalue weighted by molar-refractivity contribution is 0.0988. The zero-order chi connectivity index (χ0) is 18.1. The monoisotopic (exact) mass is 426 g/mol. The second-order valence-electron chi connectivity index (χ2n) is 5.97. The predicted molar refractivity (Wildman–Crippen MR) is 108 cm³/mol. The summed E-state index contributed by atoms with van der Waals surface area (Å²) in [5.41, 5.74) is 3.46. The van der Waals surface area contributed by atoms with E-state index >= 15 is 0 Å². The molecule has 0 radical (unpaired) electrons. The highest BCUT2D eigenvalue weighted by molar-refractivity contribution is 9.11. The minimum Gasteiger partial charge on any atom is -0.321 e. The maximum atomic E-state index is 12.8. The predicted octanol–water partition coefficient (Wildman–Crippen LogP) is 4.97. The zero-order valence-electron chi connectivity index (χ0n) is 13.7. The summed E-state index contributed by atoms with van der Waals surface area (Å²) in [5, 5.41) is 2.85. The summed E-state index contributed by atoms with van der Waals surface area (Å²) in [6.07, 6.45) is 0.881. The highest BCUT2D eigenvalue weighted by Crippen LogP contribution is 2.29. The summed E-state index contributed by atoms with van der Waals surface area (Å²) in [5.74, 6) is -0.178. The third-order valence-corrected chi connectivity index (χ3v) is 5.94. The van der Waals surface area contributed by atoms with Crippen molar-refractivity contribution in [2.75, 3.05) is 16.8 Å². The van der Waals surface area contributed by atoms with Crippen molar-refractivity contribution in [1.82, 2.24) is 0 Å². The van der Waals surface area contributed by atoms with Crippen LogP contribution in [0.25, 0.3) is 0 Å². The summed E-state index contributed by atoms with van der Waals surface area (Å²) >= 11 is 4.73. The summed E-state index contributed by atoms with van der Waals surface area (Å²) in [6, 6.07) is 18.6. The molecule has 0 bridgehead atoms. The van der Waals surface area contributed by atoms with Gasteiger partial charge in [0.05, 0.1) is 8.66 Å². The van der Waals surface area contributed by atoms with Gasteiger partial charge >= 0.3 is 0 Å². The van der Waals surface area contributed by atoms with Gasteiger partial charge in [-0.25, -0.2) is 0 Å². The summed E-state index contributed by atoms with van der Waals surface area (Å²) < 4.78 is 0.912. The Labute approximate surface area is 163 Å². The second kappa shape index (κ2) is 7.05. The number of fused-ring (bicyclic) bond motifs is 1. The average Bonchev–Trinajstić information content (AvgIpc) is 3.28. The first-order valence-corrected chi connectivity index (χ1v) is 9.79. The molecule has 130 valence electrons. The van der Waals surface area contributed by atoms with Crippen molar-refractivity contribution in [2.24, 2.45) is 0 Å². The number of thiophene rings is 1. The molecule has 0 atom stereocenters. The lowest BCUT2D eigenvalue weighted by Crippen LogP contribution is -2.28. The average molecular weight is 427 g/mol. The maximum Gasteiger partial charge on any atom is 0.265 e. The molecule has 0 spiro atoms. The third kappa shape index (κ3) is 3.30. The Morgan fingerprint density at radius 1 is 1.00 bits per heavy atom. The van der Waals surface area contributed by atoms with Crippen LogP contribution in [0.15, 0.2) is 64.5 Å². The molecule has 1 aromatic heterocycles. The first kappa shape index (κ1) is 17.0. The number of nitrogens with one attached hydrogen (secondary N) is 1. The smallest absolute Gasteiger partial charge is 0.265 e. The van der Waals surface area contributed by atoms with Crippen molar-refractivity contribution in [3.8, 4) is 0 Å². The second-order valence-corrected chi connectivity index (χ2v) is 8.43. The number of rotatable bonds is 3. The SMILES string of the molecule is O=C(Nc1ccc(C(=O)N2CCc3ccccc32)cc1)c1ccc(Br)s1. The van der Waals surface area contributed by atoms with Crippen LogP contribution >= 0.6 is 27.3 Å². The van der Waals surface area contributed by atoms with Gasteiger partial charge in [0.15, 0.2) is 0 Å². The molecule has 6 heteroatoms. The Morgan fingerprint density at radius 3 is 2.50 bits per heavy atom. The lowest BCUT2D eigenvalue weighted by atomic mass is 10.1. The molecule has 4 nitrogen and oxygen atoms in total. The maximum absolute atomic E-state index is 12.8. The van der Waals surface area contributed by atoms with Crippen molar-refractivity contribution < 1.29 is 9.59 Å². The Balaban J connectivity index is 1.48. The number of halogens is 1. The molecule has 1 aliphatic rings. The van der Waals surface area contributed by atoms with Crippen LogP contribution in [0, 0.1) is 0 Å². The highest BCUT2D eigenvalue weighted by Gasteiger charge is 2.25. The first-order valence-electron chi connectivity index (χ1n) is 8.18. The van der Waals surface area contributed by atoms with Crippen LogP contribution < -0.4 is 10.2 Å². The number of nitrogens with zero attached hydrogens (tertiary/aromatic N) is 1. The third-order valence-electron chi connectivity index (χ3n) is 4.32. The molecule has 0 fully saturated rings. The number of hydrogen-bond donors (Lipinski definition) is 1. The van der Waals surface area contributed by atoms with E-state index in [4.69, 9.17) is 0 Å². The van der Waals surface area contributed by atoms with Crippen LogP contribution in [-0.2, 0) is 6.42 Å². The number of amides is 2. The molecular formula is C20H15BrN2O2S. The van der Waals surface area contributed by atoms with E-state index in [9.17, 15) is 9.59 Å². The molecule has 2 aromatic carbocycles. The van der Waals surface area contributed by atoms with Gasteiger partial charge in [-0.1, -0.05) is 18.2 Å². The Kier molecular flexibility index (Phi) is 4.61. The molecule has 0 saturated carbocycles. The number of para-hydroxylation sites is 1. The van der Waals surface area contributed by atoms with Crippen molar-refractivity contribution in [2.45, 2.75) is 6.42 Å². The number of carbonyl (C=O) groups excluding carboxylic acids is 2. The van der Waals surface area contributed by atoms with E-state index in [-0.39, 0.29) is 11.8 Å². The lowest BCUT2D eigenvalue weighted by Gasteiger charge is -2.17. The molecule has 0 saturated heterocycles. The van der Waals surface area contributed by atoms with Crippen LogP contribution in [0.5, 0.6) is 0 Å².